The summed E-state index contributed by atoms with van der Waals surface area (Å²) in [7, 11) is 4.47. The highest BCUT2D eigenvalue weighted by molar-refractivity contribution is 5.92. The second-order valence-corrected chi connectivity index (χ2v) is 4.59. The zero-order valence-electron chi connectivity index (χ0n) is 12.2. The third kappa shape index (κ3) is 2.55. The lowest BCUT2D eigenvalue weighted by Gasteiger charge is -2.15. The third-order valence-electron chi connectivity index (χ3n) is 3.19. The number of amides is 1. The quantitative estimate of drug-likeness (QED) is 0.359. The van der Waals surface area contributed by atoms with E-state index in [9.17, 15) is 19.7 Å². The van der Waals surface area contributed by atoms with Crippen molar-refractivity contribution in [3.05, 3.63) is 40.3 Å². The summed E-state index contributed by atoms with van der Waals surface area (Å²) in [5.41, 5.74) is 0.524. The van der Waals surface area contributed by atoms with Crippen LogP contribution >= 0.6 is 0 Å². The minimum atomic E-state index is -0.544. The van der Waals surface area contributed by atoms with Crippen molar-refractivity contribution >= 4 is 29.6 Å². The number of methoxy groups -OCH3 is 1. The first-order valence-electron chi connectivity index (χ1n) is 6.19. The summed E-state index contributed by atoms with van der Waals surface area (Å²) < 4.78 is 7.61. The molecule has 0 radical (unpaired) electrons. The largest absolute Gasteiger partial charge is 0.464 e. The van der Waals surface area contributed by atoms with Crippen molar-refractivity contribution in [2.45, 2.75) is 0 Å². The Labute approximate surface area is 125 Å². The second kappa shape index (κ2) is 5.72. The second-order valence-electron chi connectivity index (χ2n) is 4.59. The van der Waals surface area contributed by atoms with E-state index in [0.29, 0.717) is 17.9 Å². The highest BCUT2D eigenvalue weighted by atomic mass is 16.6. The molecular formula is C13H14N4O5. The number of rotatable bonds is 5. The summed E-state index contributed by atoms with van der Waals surface area (Å²) in [4.78, 5) is 34.5. The third-order valence-corrected chi connectivity index (χ3v) is 3.19. The van der Waals surface area contributed by atoms with Crippen molar-refractivity contribution < 1.29 is 19.2 Å². The van der Waals surface area contributed by atoms with Crippen LogP contribution in [0.3, 0.4) is 0 Å². The fraction of sp³-hybridized carbons (Fsp3) is 0.231. The van der Waals surface area contributed by atoms with Gasteiger partial charge in [-0.05, 0) is 6.07 Å². The molecule has 0 saturated heterocycles. The standard InChI is InChI=1S/C13H14N4O5/c1-14-6-9(4-11(14)13(19)22-3)16(8-18)12-5-10(17(20)21)7-15(12)2/h4-8H,1-3H3. The summed E-state index contributed by atoms with van der Waals surface area (Å²) in [6.07, 6.45) is 3.38. The van der Waals surface area contributed by atoms with Gasteiger partial charge in [-0.2, -0.15) is 0 Å². The number of hydrogen-bond donors (Lipinski definition) is 0. The summed E-state index contributed by atoms with van der Waals surface area (Å²) in [6.45, 7) is 0. The van der Waals surface area contributed by atoms with E-state index in [1.54, 1.807) is 20.3 Å². The number of anilines is 2. The van der Waals surface area contributed by atoms with Gasteiger partial charge in [0.25, 0.3) is 5.69 Å². The zero-order valence-corrected chi connectivity index (χ0v) is 12.2. The van der Waals surface area contributed by atoms with Gasteiger partial charge in [-0.15, -0.1) is 0 Å². The smallest absolute Gasteiger partial charge is 0.354 e. The number of ether oxygens (including phenoxy) is 1. The van der Waals surface area contributed by atoms with Crippen molar-refractivity contribution in [2.24, 2.45) is 14.1 Å². The minimum Gasteiger partial charge on any atom is -0.464 e. The average molecular weight is 306 g/mol. The monoisotopic (exact) mass is 306 g/mol. The van der Waals surface area contributed by atoms with E-state index in [0.717, 1.165) is 0 Å². The fourth-order valence-electron chi connectivity index (χ4n) is 2.11. The number of aryl methyl sites for hydroxylation is 2. The van der Waals surface area contributed by atoms with Gasteiger partial charge < -0.3 is 13.9 Å². The van der Waals surface area contributed by atoms with Crippen LogP contribution in [0.15, 0.2) is 24.5 Å². The highest BCUT2D eigenvalue weighted by Crippen LogP contribution is 2.29. The number of carbonyl (C=O) groups excluding carboxylic acids is 2. The van der Waals surface area contributed by atoms with Gasteiger partial charge in [0, 0.05) is 20.3 Å². The molecule has 0 saturated carbocycles. The summed E-state index contributed by atoms with van der Waals surface area (Å²) >= 11 is 0. The molecule has 2 aromatic rings. The van der Waals surface area contributed by atoms with Crippen LogP contribution in [0.5, 0.6) is 0 Å². The molecule has 1 amide bonds. The predicted molar refractivity (Wildman–Crippen MR) is 77.0 cm³/mol. The Morgan fingerprint density at radius 2 is 2.00 bits per heavy atom. The minimum absolute atomic E-state index is 0.131. The molecule has 0 unspecified atom stereocenters. The lowest BCUT2D eigenvalue weighted by molar-refractivity contribution is -0.384. The van der Waals surface area contributed by atoms with Gasteiger partial charge in [0.15, 0.2) is 0 Å². The Morgan fingerprint density at radius 1 is 1.32 bits per heavy atom. The van der Waals surface area contributed by atoms with E-state index < -0.39 is 10.9 Å². The first kappa shape index (κ1) is 15.3. The maximum Gasteiger partial charge on any atom is 0.354 e. The van der Waals surface area contributed by atoms with Gasteiger partial charge in [0.05, 0.1) is 30.0 Å². The van der Waals surface area contributed by atoms with E-state index in [1.165, 1.54) is 39.5 Å². The Kier molecular flexibility index (Phi) is 3.97. The van der Waals surface area contributed by atoms with Gasteiger partial charge in [0.1, 0.15) is 11.5 Å². The van der Waals surface area contributed by atoms with E-state index in [4.69, 9.17) is 0 Å². The molecule has 9 nitrogen and oxygen atoms in total. The number of esters is 1. The maximum atomic E-state index is 11.6. The normalized spacial score (nSPS) is 10.3. The first-order chi connectivity index (χ1) is 10.4. The highest BCUT2D eigenvalue weighted by Gasteiger charge is 2.21. The van der Waals surface area contributed by atoms with Gasteiger partial charge in [-0.3, -0.25) is 19.8 Å². The van der Waals surface area contributed by atoms with Gasteiger partial charge in [-0.25, -0.2) is 4.79 Å². The van der Waals surface area contributed by atoms with Crippen LogP contribution in [0.2, 0.25) is 0 Å². The van der Waals surface area contributed by atoms with E-state index in [2.05, 4.69) is 4.74 Å². The topological polar surface area (TPSA) is 99.6 Å². The number of nitrogens with zero attached hydrogens (tertiary/aromatic N) is 4. The van der Waals surface area contributed by atoms with Crippen LogP contribution in [-0.2, 0) is 23.6 Å². The molecule has 0 aliphatic heterocycles. The molecule has 0 aliphatic rings. The van der Waals surface area contributed by atoms with Crippen LogP contribution in [-0.4, -0.2) is 33.5 Å². The van der Waals surface area contributed by atoms with Crippen LogP contribution in [0.25, 0.3) is 0 Å². The molecule has 0 bridgehead atoms. The fourth-order valence-corrected chi connectivity index (χ4v) is 2.11. The maximum absolute atomic E-state index is 11.6. The van der Waals surface area contributed by atoms with Crippen molar-refractivity contribution in [1.82, 2.24) is 9.13 Å². The van der Waals surface area contributed by atoms with Crippen molar-refractivity contribution in [1.29, 1.82) is 0 Å². The average Bonchev–Trinajstić information content (AvgIpc) is 3.04. The van der Waals surface area contributed by atoms with Crippen LogP contribution < -0.4 is 4.90 Å². The molecule has 0 atom stereocenters. The van der Waals surface area contributed by atoms with Crippen molar-refractivity contribution in [2.75, 3.05) is 12.0 Å². The molecule has 0 N–H and O–H groups in total. The van der Waals surface area contributed by atoms with Gasteiger partial charge in [-0.1, -0.05) is 0 Å². The van der Waals surface area contributed by atoms with Gasteiger partial charge in [0.2, 0.25) is 6.41 Å². The zero-order chi connectivity index (χ0) is 16.4. The predicted octanol–water partition coefficient (Wildman–Crippen LogP) is 1.35. The van der Waals surface area contributed by atoms with Crippen molar-refractivity contribution in [3.63, 3.8) is 0 Å². The number of nitro groups is 1. The van der Waals surface area contributed by atoms with Gasteiger partial charge >= 0.3 is 5.97 Å². The van der Waals surface area contributed by atoms with Crippen molar-refractivity contribution in [3.8, 4) is 0 Å². The number of hydrogen-bond acceptors (Lipinski definition) is 5. The molecule has 2 heterocycles. The van der Waals surface area contributed by atoms with E-state index in [-0.39, 0.29) is 11.4 Å². The molecule has 0 spiro atoms. The Bertz CT molecular complexity index is 746. The van der Waals surface area contributed by atoms with E-state index in [1.807, 2.05) is 0 Å². The number of carbonyl (C=O) groups is 2. The molecule has 22 heavy (non-hydrogen) atoms. The summed E-state index contributed by atoms with van der Waals surface area (Å²) in [5.74, 6) is -0.235. The first-order valence-corrected chi connectivity index (χ1v) is 6.19. The molecule has 0 aromatic carbocycles. The van der Waals surface area contributed by atoms with E-state index >= 15 is 0 Å². The molecule has 2 rings (SSSR count). The van der Waals surface area contributed by atoms with Crippen LogP contribution in [0.1, 0.15) is 10.5 Å². The molecular weight excluding hydrogens is 292 g/mol. The Morgan fingerprint density at radius 3 is 2.50 bits per heavy atom. The van der Waals surface area contributed by atoms with Crippen LogP contribution in [0.4, 0.5) is 17.2 Å². The lowest BCUT2D eigenvalue weighted by Crippen LogP contribution is -2.16. The summed E-state index contributed by atoms with van der Waals surface area (Å²) in [5, 5.41) is 10.8. The lowest BCUT2D eigenvalue weighted by atomic mass is 10.3. The molecule has 116 valence electrons. The molecule has 2 aromatic heterocycles. The molecule has 0 aliphatic carbocycles. The number of aromatic nitrogens is 2. The SMILES string of the molecule is COC(=O)c1cc(N(C=O)c2cc([N+](=O)[O-])cn2C)cn1C. The Balaban J connectivity index is 2.47. The molecule has 9 heteroatoms. The summed E-state index contributed by atoms with van der Waals surface area (Å²) in [6, 6.07) is 2.75. The molecule has 0 fully saturated rings. The Hall–Kier alpha value is -3.10. The van der Waals surface area contributed by atoms with Crippen LogP contribution in [0, 0.1) is 10.1 Å².